The first-order valence-electron chi connectivity index (χ1n) is 7.12. The van der Waals surface area contributed by atoms with Crippen molar-refractivity contribution in [3.63, 3.8) is 0 Å². The molecule has 0 radical (unpaired) electrons. The second-order valence-corrected chi connectivity index (χ2v) is 8.39. The van der Waals surface area contributed by atoms with Crippen LogP contribution in [0.3, 0.4) is 0 Å². The van der Waals surface area contributed by atoms with Crippen molar-refractivity contribution in [3.8, 4) is 0 Å². The number of hydrogen-bond donors (Lipinski definition) is 1. The van der Waals surface area contributed by atoms with Gasteiger partial charge in [0.1, 0.15) is 0 Å². The molecule has 1 aliphatic heterocycles. The van der Waals surface area contributed by atoms with E-state index in [-0.39, 0.29) is 5.60 Å². The molecule has 0 spiro atoms. The first-order chi connectivity index (χ1) is 7.82. The lowest BCUT2D eigenvalue weighted by molar-refractivity contribution is -0.0575. The molecule has 0 aromatic heterocycles. The molecule has 1 saturated carbocycles. The van der Waals surface area contributed by atoms with Gasteiger partial charge in [0.25, 0.3) is 0 Å². The molecule has 1 aliphatic carbocycles. The highest BCUT2D eigenvalue weighted by atomic mass is 32.2. The van der Waals surface area contributed by atoms with E-state index in [0.717, 1.165) is 24.0 Å². The average Bonchev–Trinajstić information content (AvgIpc) is 2.20. The summed E-state index contributed by atoms with van der Waals surface area (Å²) >= 11 is 1.95. The van der Waals surface area contributed by atoms with Crippen molar-refractivity contribution in [2.24, 2.45) is 23.2 Å². The maximum Gasteiger partial charge on any atom is 0.0771 e. The standard InChI is InChI=1S/C15H28OS/c1-11-5-6-13(7-12(11)2)15(16)8-14(3,4)9-17-10-15/h11-13,16H,5-10H2,1-4H3. The minimum absolute atomic E-state index is 0.309. The molecule has 2 rings (SSSR count). The van der Waals surface area contributed by atoms with Gasteiger partial charge in [0, 0.05) is 5.75 Å². The van der Waals surface area contributed by atoms with E-state index in [9.17, 15) is 5.11 Å². The molecule has 2 fully saturated rings. The molecular weight excluding hydrogens is 228 g/mol. The Morgan fingerprint density at radius 1 is 1.06 bits per heavy atom. The van der Waals surface area contributed by atoms with Gasteiger partial charge in [-0.2, -0.15) is 11.8 Å². The Morgan fingerprint density at radius 3 is 2.35 bits per heavy atom. The van der Waals surface area contributed by atoms with Crippen LogP contribution in [-0.2, 0) is 0 Å². The van der Waals surface area contributed by atoms with Crippen LogP contribution in [0.25, 0.3) is 0 Å². The summed E-state index contributed by atoms with van der Waals surface area (Å²) in [6.45, 7) is 9.34. The van der Waals surface area contributed by atoms with E-state index in [4.69, 9.17) is 0 Å². The first kappa shape index (κ1) is 13.7. The lowest BCUT2D eigenvalue weighted by Crippen LogP contribution is -2.49. The molecule has 0 bridgehead atoms. The highest BCUT2D eigenvalue weighted by molar-refractivity contribution is 7.99. The Morgan fingerprint density at radius 2 is 1.76 bits per heavy atom. The fourth-order valence-corrected chi connectivity index (χ4v) is 5.18. The van der Waals surface area contributed by atoms with Crippen molar-refractivity contribution < 1.29 is 5.11 Å². The molecular formula is C15H28OS. The van der Waals surface area contributed by atoms with E-state index in [0.29, 0.717) is 11.3 Å². The summed E-state index contributed by atoms with van der Waals surface area (Å²) < 4.78 is 0. The van der Waals surface area contributed by atoms with Crippen molar-refractivity contribution in [2.45, 2.75) is 59.0 Å². The minimum Gasteiger partial charge on any atom is -0.389 e. The van der Waals surface area contributed by atoms with Gasteiger partial charge in [0.05, 0.1) is 5.60 Å². The molecule has 0 amide bonds. The Hall–Kier alpha value is 0.310. The van der Waals surface area contributed by atoms with Gasteiger partial charge < -0.3 is 5.11 Å². The lowest BCUT2D eigenvalue weighted by Gasteiger charge is -2.48. The molecule has 0 aromatic carbocycles. The Kier molecular flexibility index (Phi) is 3.85. The summed E-state index contributed by atoms with van der Waals surface area (Å²) in [5.41, 5.74) is -0.0786. The summed E-state index contributed by atoms with van der Waals surface area (Å²) in [6.07, 6.45) is 4.77. The van der Waals surface area contributed by atoms with E-state index in [1.165, 1.54) is 25.0 Å². The van der Waals surface area contributed by atoms with Crippen LogP contribution in [0.5, 0.6) is 0 Å². The van der Waals surface area contributed by atoms with Gasteiger partial charge >= 0.3 is 0 Å². The molecule has 0 aromatic rings. The molecule has 2 heteroatoms. The van der Waals surface area contributed by atoms with Gasteiger partial charge in [-0.05, 0) is 48.2 Å². The fraction of sp³-hybridized carbons (Fsp3) is 1.00. The van der Waals surface area contributed by atoms with Crippen LogP contribution in [0, 0.1) is 23.2 Å². The van der Waals surface area contributed by atoms with Crippen molar-refractivity contribution in [2.75, 3.05) is 11.5 Å². The van der Waals surface area contributed by atoms with E-state index in [1.807, 2.05) is 11.8 Å². The maximum atomic E-state index is 11.0. The van der Waals surface area contributed by atoms with Gasteiger partial charge in [0.2, 0.25) is 0 Å². The van der Waals surface area contributed by atoms with Gasteiger partial charge in [-0.1, -0.05) is 34.1 Å². The van der Waals surface area contributed by atoms with Gasteiger partial charge in [-0.15, -0.1) is 0 Å². The minimum atomic E-state index is -0.388. The second-order valence-electron chi connectivity index (χ2n) is 7.40. The predicted molar refractivity (Wildman–Crippen MR) is 76.3 cm³/mol. The first-order valence-corrected chi connectivity index (χ1v) is 8.28. The molecule has 100 valence electrons. The van der Waals surface area contributed by atoms with Crippen molar-refractivity contribution in [1.29, 1.82) is 0 Å². The van der Waals surface area contributed by atoms with E-state index < -0.39 is 0 Å². The molecule has 1 saturated heterocycles. The molecule has 4 unspecified atom stereocenters. The zero-order valence-corrected chi connectivity index (χ0v) is 12.6. The summed E-state index contributed by atoms with van der Waals surface area (Å²) in [7, 11) is 0. The third kappa shape index (κ3) is 3.01. The largest absolute Gasteiger partial charge is 0.389 e. The average molecular weight is 256 g/mol. The SMILES string of the molecule is CC1CCC(C2(O)CSCC(C)(C)C2)CC1C. The van der Waals surface area contributed by atoms with E-state index in [1.54, 1.807) is 0 Å². The van der Waals surface area contributed by atoms with Crippen molar-refractivity contribution >= 4 is 11.8 Å². The molecule has 1 N–H and O–H groups in total. The highest BCUT2D eigenvalue weighted by Crippen LogP contribution is 2.48. The summed E-state index contributed by atoms with van der Waals surface area (Å²) in [5.74, 6) is 4.34. The summed E-state index contributed by atoms with van der Waals surface area (Å²) in [6, 6.07) is 0. The van der Waals surface area contributed by atoms with Crippen molar-refractivity contribution in [3.05, 3.63) is 0 Å². The summed E-state index contributed by atoms with van der Waals surface area (Å²) in [4.78, 5) is 0. The predicted octanol–water partition coefficient (Wildman–Crippen LogP) is 3.95. The number of thioether (sulfide) groups is 1. The third-order valence-corrected chi connectivity index (χ3v) is 6.68. The Bertz CT molecular complexity index is 276. The quantitative estimate of drug-likeness (QED) is 0.766. The number of rotatable bonds is 1. The summed E-state index contributed by atoms with van der Waals surface area (Å²) in [5, 5.41) is 11.0. The van der Waals surface area contributed by atoms with Crippen LogP contribution in [0.4, 0.5) is 0 Å². The van der Waals surface area contributed by atoms with E-state index in [2.05, 4.69) is 27.7 Å². The van der Waals surface area contributed by atoms with Crippen LogP contribution in [0.2, 0.25) is 0 Å². The molecule has 1 nitrogen and oxygen atoms in total. The Labute approximate surface area is 111 Å². The van der Waals surface area contributed by atoms with Crippen LogP contribution in [0.1, 0.15) is 53.4 Å². The second kappa shape index (κ2) is 4.77. The monoisotopic (exact) mass is 256 g/mol. The zero-order valence-electron chi connectivity index (χ0n) is 11.8. The smallest absolute Gasteiger partial charge is 0.0771 e. The fourth-order valence-electron chi connectivity index (χ4n) is 3.73. The molecule has 1 heterocycles. The topological polar surface area (TPSA) is 20.2 Å². The van der Waals surface area contributed by atoms with Crippen LogP contribution in [0.15, 0.2) is 0 Å². The number of hydrogen-bond acceptors (Lipinski definition) is 2. The normalized spacial score (nSPS) is 46.8. The van der Waals surface area contributed by atoms with Gasteiger partial charge in [-0.3, -0.25) is 0 Å². The zero-order chi connectivity index (χ0) is 12.7. The molecule has 17 heavy (non-hydrogen) atoms. The van der Waals surface area contributed by atoms with Crippen molar-refractivity contribution in [1.82, 2.24) is 0 Å². The van der Waals surface area contributed by atoms with Gasteiger partial charge in [-0.25, -0.2) is 0 Å². The van der Waals surface area contributed by atoms with Gasteiger partial charge in [0.15, 0.2) is 0 Å². The lowest BCUT2D eigenvalue weighted by atomic mass is 9.66. The maximum absolute atomic E-state index is 11.0. The highest BCUT2D eigenvalue weighted by Gasteiger charge is 2.45. The Balaban J connectivity index is 2.05. The van der Waals surface area contributed by atoms with Crippen LogP contribution in [-0.4, -0.2) is 22.2 Å². The molecule has 4 atom stereocenters. The number of aliphatic hydroxyl groups is 1. The van der Waals surface area contributed by atoms with Crippen LogP contribution >= 0.6 is 11.8 Å². The van der Waals surface area contributed by atoms with E-state index >= 15 is 0 Å². The van der Waals surface area contributed by atoms with Crippen LogP contribution < -0.4 is 0 Å². The third-order valence-electron chi connectivity index (χ3n) is 4.99. The molecule has 2 aliphatic rings.